The van der Waals surface area contributed by atoms with Crippen LogP contribution in [0.15, 0.2) is 22.3 Å². The Morgan fingerprint density at radius 3 is 2.32 bits per heavy atom. The molecule has 0 spiro atoms. The monoisotopic (exact) mass is 377 g/mol. The van der Waals surface area contributed by atoms with Crippen LogP contribution in [-0.4, -0.2) is 22.8 Å². The number of nitrogens with one attached hydrogen (secondary N) is 1. The van der Waals surface area contributed by atoms with Gasteiger partial charge in [-0.15, -0.1) is 0 Å². The summed E-state index contributed by atoms with van der Waals surface area (Å²) >= 11 is 2.77. The molecule has 1 aliphatic heterocycles. The molecule has 2 rings (SSSR count). The summed E-state index contributed by atoms with van der Waals surface area (Å²) in [6, 6.07) is 1.04. The number of phenols is 1. The van der Waals surface area contributed by atoms with Crippen molar-refractivity contribution in [1.82, 2.24) is 0 Å². The first-order valence-electron chi connectivity index (χ1n) is 5.92. The summed E-state index contributed by atoms with van der Waals surface area (Å²) in [6.45, 7) is 2.76. The quantitative estimate of drug-likeness (QED) is 0.271. The van der Waals surface area contributed by atoms with Crippen LogP contribution in [0.2, 0.25) is 0 Å². The van der Waals surface area contributed by atoms with Crippen molar-refractivity contribution in [3.05, 3.63) is 33.9 Å². The number of cyclic esters (lactones) is 2. The lowest BCUT2D eigenvalue weighted by molar-refractivity contribution is -0.222. The zero-order chi connectivity index (χ0) is 16.7. The van der Waals surface area contributed by atoms with Gasteiger partial charge in [-0.1, -0.05) is 0 Å². The topological polar surface area (TPSA) is 84.9 Å². The molecule has 1 heterocycles. The lowest BCUT2D eigenvalue weighted by Gasteiger charge is -2.29. The van der Waals surface area contributed by atoms with Gasteiger partial charge in [-0.3, -0.25) is 0 Å². The van der Waals surface area contributed by atoms with Crippen LogP contribution in [0.1, 0.15) is 13.8 Å². The molecule has 1 fully saturated rings. The molecule has 0 bridgehead atoms. The minimum atomic E-state index is -1.48. The second-order valence-corrected chi connectivity index (χ2v) is 5.62. The fourth-order valence-electron chi connectivity index (χ4n) is 1.62. The Morgan fingerprint density at radius 2 is 1.77 bits per heavy atom. The van der Waals surface area contributed by atoms with Gasteiger partial charge in [-0.2, -0.15) is 4.39 Å². The average Bonchev–Trinajstić information content (AvgIpc) is 2.39. The summed E-state index contributed by atoms with van der Waals surface area (Å²) in [5.74, 6) is -7.04. The Kier molecular flexibility index (Phi) is 4.10. The van der Waals surface area contributed by atoms with Crippen molar-refractivity contribution >= 4 is 33.6 Å². The van der Waals surface area contributed by atoms with Gasteiger partial charge in [0.05, 0.1) is 10.2 Å². The highest BCUT2D eigenvalue weighted by atomic mass is 79.9. The Balaban J connectivity index is 2.30. The van der Waals surface area contributed by atoms with Crippen molar-refractivity contribution in [1.29, 1.82) is 0 Å². The zero-order valence-corrected chi connectivity index (χ0v) is 13.0. The van der Waals surface area contributed by atoms with Crippen LogP contribution >= 0.6 is 15.9 Å². The van der Waals surface area contributed by atoms with Gasteiger partial charge in [-0.05, 0) is 22.0 Å². The molecule has 0 radical (unpaired) electrons. The molecule has 0 aliphatic carbocycles. The molecule has 1 aromatic rings. The van der Waals surface area contributed by atoms with Crippen LogP contribution in [0.4, 0.5) is 14.5 Å². The highest BCUT2D eigenvalue weighted by Crippen LogP contribution is 2.34. The van der Waals surface area contributed by atoms with E-state index in [-0.39, 0.29) is 10.2 Å². The third-order valence-corrected chi connectivity index (χ3v) is 3.20. The van der Waals surface area contributed by atoms with E-state index in [4.69, 9.17) is 9.47 Å². The number of anilines is 1. The van der Waals surface area contributed by atoms with E-state index in [9.17, 15) is 23.5 Å². The second-order valence-electron chi connectivity index (χ2n) is 4.76. The fraction of sp³-hybridized carbons (Fsp3) is 0.231. The van der Waals surface area contributed by atoms with E-state index < -0.39 is 40.7 Å². The summed E-state index contributed by atoms with van der Waals surface area (Å²) < 4.78 is 36.0. The zero-order valence-electron chi connectivity index (χ0n) is 11.4. The molecule has 1 saturated heterocycles. The number of hydrogen-bond donors (Lipinski definition) is 2. The van der Waals surface area contributed by atoms with Gasteiger partial charge in [0.25, 0.3) is 5.79 Å². The van der Waals surface area contributed by atoms with Crippen LogP contribution in [-0.2, 0) is 19.1 Å². The van der Waals surface area contributed by atoms with Crippen LogP contribution in [0.5, 0.6) is 5.75 Å². The van der Waals surface area contributed by atoms with Gasteiger partial charge < -0.3 is 19.9 Å². The Labute approximate surface area is 131 Å². The van der Waals surface area contributed by atoms with Crippen LogP contribution in [0.25, 0.3) is 0 Å². The number of esters is 2. The van der Waals surface area contributed by atoms with Crippen molar-refractivity contribution in [2.45, 2.75) is 19.6 Å². The molecule has 0 saturated carbocycles. The van der Waals surface area contributed by atoms with Gasteiger partial charge >= 0.3 is 11.9 Å². The van der Waals surface area contributed by atoms with Crippen molar-refractivity contribution in [2.75, 3.05) is 5.32 Å². The molecule has 118 valence electrons. The lowest BCUT2D eigenvalue weighted by atomic mass is 10.2. The van der Waals surface area contributed by atoms with Crippen molar-refractivity contribution in [3.8, 4) is 5.75 Å². The molecule has 2 N–H and O–H groups in total. The van der Waals surface area contributed by atoms with E-state index >= 15 is 0 Å². The lowest BCUT2D eigenvalue weighted by Crippen LogP contribution is -2.42. The summed E-state index contributed by atoms with van der Waals surface area (Å²) in [5, 5.41) is 11.8. The molecule has 1 aromatic carbocycles. The molecule has 0 atom stereocenters. The van der Waals surface area contributed by atoms with Gasteiger partial charge in [0.1, 0.15) is 0 Å². The number of carbonyl (C=O) groups excluding carboxylic acids is 2. The van der Waals surface area contributed by atoms with Gasteiger partial charge in [0, 0.05) is 20.0 Å². The first kappa shape index (κ1) is 16.2. The number of carbonyl (C=O) groups is 2. The average molecular weight is 378 g/mol. The minimum Gasteiger partial charge on any atom is -0.503 e. The summed E-state index contributed by atoms with van der Waals surface area (Å²) in [5.41, 5.74) is -0.747. The molecule has 22 heavy (non-hydrogen) atoms. The van der Waals surface area contributed by atoms with Crippen molar-refractivity contribution < 1.29 is 33.0 Å². The first-order valence-corrected chi connectivity index (χ1v) is 6.71. The van der Waals surface area contributed by atoms with Crippen LogP contribution in [0.3, 0.4) is 0 Å². The normalized spacial score (nSPS) is 16.9. The summed E-state index contributed by atoms with van der Waals surface area (Å²) in [6.07, 6.45) is 0.874. The molecule has 0 unspecified atom stereocenters. The summed E-state index contributed by atoms with van der Waals surface area (Å²) in [7, 11) is 0. The van der Waals surface area contributed by atoms with Crippen LogP contribution < -0.4 is 5.32 Å². The Morgan fingerprint density at radius 1 is 1.23 bits per heavy atom. The molecule has 9 heteroatoms. The number of benzene rings is 1. The minimum absolute atomic E-state index is 0.251. The SMILES string of the molecule is CC1(C)OC(=O)C(=CNc2cc(Br)c(F)c(F)c2O)C(=O)O1. The standard InChI is InChI=1S/C13H10BrF2NO5/c1-13(2)21-11(19)5(12(20)22-13)4-17-7-3-6(14)8(15)9(16)10(7)18/h3-4,17-18H,1-2H3. The summed E-state index contributed by atoms with van der Waals surface area (Å²) in [4.78, 5) is 23.4. The molecule has 0 amide bonds. The number of phenolic OH excluding ortho intramolecular Hbond substituents is 1. The Hall–Kier alpha value is -2.16. The largest absolute Gasteiger partial charge is 0.503 e. The van der Waals surface area contributed by atoms with E-state index in [0.29, 0.717) is 0 Å². The molecular weight excluding hydrogens is 368 g/mol. The van der Waals surface area contributed by atoms with Gasteiger partial charge in [0.15, 0.2) is 17.1 Å². The highest BCUT2D eigenvalue weighted by Gasteiger charge is 2.39. The van der Waals surface area contributed by atoms with Crippen LogP contribution in [0, 0.1) is 11.6 Å². The Bertz CT molecular complexity index is 680. The number of ether oxygens (including phenoxy) is 2. The predicted octanol–water partition coefficient (Wildman–Crippen LogP) is 2.56. The fourth-order valence-corrected chi connectivity index (χ4v) is 2.03. The molecule has 0 aromatic heterocycles. The maximum absolute atomic E-state index is 13.4. The van der Waals surface area contributed by atoms with Crippen molar-refractivity contribution in [2.24, 2.45) is 0 Å². The number of halogens is 3. The third kappa shape index (κ3) is 3.03. The highest BCUT2D eigenvalue weighted by molar-refractivity contribution is 9.10. The van der Waals surface area contributed by atoms with E-state index in [2.05, 4.69) is 21.2 Å². The molecule has 6 nitrogen and oxygen atoms in total. The van der Waals surface area contributed by atoms with E-state index in [1.165, 1.54) is 13.8 Å². The number of hydrogen-bond acceptors (Lipinski definition) is 6. The second kappa shape index (κ2) is 5.56. The van der Waals surface area contributed by atoms with E-state index in [1.54, 1.807) is 0 Å². The predicted molar refractivity (Wildman–Crippen MR) is 73.7 cm³/mol. The van der Waals surface area contributed by atoms with Gasteiger partial charge in [0.2, 0.25) is 5.82 Å². The van der Waals surface area contributed by atoms with E-state index in [0.717, 1.165) is 12.3 Å². The third-order valence-electron chi connectivity index (χ3n) is 2.63. The number of rotatable bonds is 2. The smallest absolute Gasteiger partial charge is 0.350 e. The molecular formula is C13H10BrF2NO5. The van der Waals surface area contributed by atoms with Gasteiger partial charge in [-0.25, -0.2) is 14.0 Å². The van der Waals surface area contributed by atoms with Crippen molar-refractivity contribution in [3.63, 3.8) is 0 Å². The molecule has 1 aliphatic rings. The maximum Gasteiger partial charge on any atom is 0.350 e. The van der Waals surface area contributed by atoms with E-state index in [1.807, 2.05) is 0 Å². The number of aromatic hydroxyl groups is 1. The first-order chi connectivity index (χ1) is 10.1. The maximum atomic E-state index is 13.4.